The number of aryl methyl sites for hydroxylation is 1. The lowest BCUT2D eigenvalue weighted by Gasteiger charge is -2.11. The van der Waals surface area contributed by atoms with Gasteiger partial charge in [-0.3, -0.25) is 0 Å². The van der Waals surface area contributed by atoms with Crippen LogP contribution in [0.3, 0.4) is 0 Å². The molecule has 0 spiro atoms. The van der Waals surface area contributed by atoms with Crippen molar-refractivity contribution in [1.82, 2.24) is 0 Å². The summed E-state index contributed by atoms with van der Waals surface area (Å²) in [5, 5.41) is 3.28. The molecular weight excluding hydrogens is 232 g/mol. The van der Waals surface area contributed by atoms with Crippen LogP contribution in [0.4, 0.5) is 5.69 Å². The van der Waals surface area contributed by atoms with Crippen molar-refractivity contribution >= 4 is 17.1 Å². The lowest BCUT2D eigenvalue weighted by atomic mass is 10.1. The van der Waals surface area contributed by atoms with Gasteiger partial charge >= 0.3 is 0 Å². The SMILES string of the molecule is C=C(N)c1ccc(NC(=C)c2ccc(C)cc2)cc1. The maximum atomic E-state index is 5.64. The number of nitrogens with one attached hydrogen (secondary N) is 1. The van der Waals surface area contributed by atoms with Crippen LogP contribution in [0.25, 0.3) is 11.4 Å². The maximum absolute atomic E-state index is 5.64. The van der Waals surface area contributed by atoms with Crippen LogP contribution in [0.2, 0.25) is 0 Å². The van der Waals surface area contributed by atoms with Crippen LogP contribution in [0.5, 0.6) is 0 Å². The van der Waals surface area contributed by atoms with E-state index in [1.807, 2.05) is 24.3 Å². The Kier molecular flexibility index (Phi) is 3.71. The van der Waals surface area contributed by atoms with E-state index in [4.69, 9.17) is 5.73 Å². The fourth-order valence-electron chi connectivity index (χ4n) is 1.77. The zero-order valence-electron chi connectivity index (χ0n) is 11.1. The van der Waals surface area contributed by atoms with E-state index in [0.717, 1.165) is 22.5 Å². The second-order valence-corrected chi connectivity index (χ2v) is 4.57. The summed E-state index contributed by atoms with van der Waals surface area (Å²) in [5.74, 6) is 0. The second-order valence-electron chi connectivity index (χ2n) is 4.57. The van der Waals surface area contributed by atoms with Gasteiger partial charge in [0.25, 0.3) is 0 Å². The Morgan fingerprint density at radius 3 is 1.95 bits per heavy atom. The third kappa shape index (κ3) is 3.26. The minimum absolute atomic E-state index is 0.573. The van der Waals surface area contributed by atoms with Crippen molar-refractivity contribution in [3.05, 3.63) is 78.4 Å². The first kappa shape index (κ1) is 13.0. The molecule has 0 fully saturated rings. The van der Waals surface area contributed by atoms with E-state index in [2.05, 4.69) is 49.7 Å². The highest BCUT2D eigenvalue weighted by atomic mass is 14.9. The van der Waals surface area contributed by atoms with E-state index in [9.17, 15) is 0 Å². The average molecular weight is 250 g/mol. The molecule has 0 heterocycles. The molecule has 2 rings (SSSR count). The normalized spacial score (nSPS) is 9.95. The van der Waals surface area contributed by atoms with Gasteiger partial charge in [0.1, 0.15) is 0 Å². The minimum Gasteiger partial charge on any atom is -0.399 e. The van der Waals surface area contributed by atoms with Crippen LogP contribution in [0.1, 0.15) is 16.7 Å². The van der Waals surface area contributed by atoms with Crippen molar-refractivity contribution in [3.8, 4) is 0 Å². The predicted octanol–water partition coefficient (Wildman–Crippen LogP) is 4.01. The summed E-state index contributed by atoms with van der Waals surface area (Å²) in [6.45, 7) is 9.83. The topological polar surface area (TPSA) is 38.0 Å². The van der Waals surface area contributed by atoms with Crippen LogP contribution in [-0.2, 0) is 0 Å². The molecule has 0 amide bonds. The number of hydrogen-bond donors (Lipinski definition) is 2. The van der Waals surface area contributed by atoms with Gasteiger partial charge < -0.3 is 11.1 Å². The van der Waals surface area contributed by atoms with E-state index >= 15 is 0 Å². The molecular formula is C17H18N2. The molecule has 0 aliphatic carbocycles. The van der Waals surface area contributed by atoms with Crippen LogP contribution >= 0.6 is 0 Å². The van der Waals surface area contributed by atoms with Gasteiger partial charge in [-0.15, -0.1) is 0 Å². The van der Waals surface area contributed by atoms with E-state index < -0.39 is 0 Å². The van der Waals surface area contributed by atoms with E-state index in [1.165, 1.54) is 5.56 Å². The lowest BCUT2D eigenvalue weighted by molar-refractivity contribution is 1.44. The molecule has 2 heteroatoms. The van der Waals surface area contributed by atoms with Gasteiger partial charge in [-0.1, -0.05) is 55.1 Å². The molecule has 0 bridgehead atoms. The Labute approximate surface area is 114 Å². The average Bonchev–Trinajstić information content (AvgIpc) is 2.40. The first-order valence-corrected chi connectivity index (χ1v) is 6.14. The van der Waals surface area contributed by atoms with Gasteiger partial charge in [0.15, 0.2) is 0 Å². The molecule has 0 radical (unpaired) electrons. The highest BCUT2D eigenvalue weighted by Gasteiger charge is 2.00. The lowest BCUT2D eigenvalue weighted by Crippen LogP contribution is -1.98. The van der Waals surface area contributed by atoms with Crippen molar-refractivity contribution in [3.63, 3.8) is 0 Å². The highest BCUT2D eigenvalue weighted by Crippen LogP contribution is 2.19. The molecule has 0 saturated heterocycles. The Bertz CT molecular complexity index is 592. The van der Waals surface area contributed by atoms with Crippen LogP contribution in [0, 0.1) is 6.92 Å². The van der Waals surface area contributed by atoms with Gasteiger partial charge in [-0.05, 0) is 30.2 Å². The van der Waals surface area contributed by atoms with Crippen LogP contribution in [-0.4, -0.2) is 0 Å². The standard InChI is InChI=1S/C17H18N2/c1-12-4-6-16(7-5-12)14(3)19-17-10-8-15(9-11-17)13(2)18/h4-11,19H,2-3,18H2,1H3. The number of anilines is 1. The molecule has 19 heavy (non-hydrogen) atoms. The van der Waals surface area contributed by atoms with Crippen molar-refractivity contribution in [2.45, 2.75) is 6.92 Å². The summed E-state index contributed by atoms with van der Waals surface area (Å²) in [7, 11) is 0. The summed E-state index contributed by atoms with van der Waals surface area (Å²) < 4.78 is 0. The Morgan fingerprint density at radius 2 is 1.42 bits per heavy atom. The Morgan fingerprint density at radius 1 is 0.895 bits per heavy atom. The molecule has 0 saturated carbocycles. The Hall–Kier alpha value is -2.48. The highest BCUT2D eigenvalue weighted by molar-refractivity contribution is 5.76. The van der Waals surface area contributed by atoms with Gasteiger partial charge in [-0.25, -0.2) is 0 Å². The quantitative estimate of drug-likeness (QED) is 0.860. The zero-order chi connectivity index (χ0) is 13.8. The summed E-state index contributed by atoms with van der Waals surface area (Å²) in [6.07, 6.45) is 0. The molecule has 0 unspecified atom stereocenters. The number of hydrogen-bond acceptors (Lipinski definition) is 2. The third-order valence-electron chi connectivity index (χ3n) is 2.95. The molecule has 0 aliphatic rings. The predicted molar refractivity (Wildman–Crippen MR) is 83.5 cm³/mol. The summed E-state index contributed by atoms with van der Waals surface area (Å²) in [4.78, 5) is 0. The van der Waals surface area contributed by atoms with Crippen LogP contribution in [0.15, 0.2) is 61.7 Å². The summed E-state index contributed by atoms with van der Waals surface area (Å²) in [5.41, 5.74) is 11.3. The first-order chi connectivity index (χ1) is 9.06. The molecule has 96 valence electrons. The Balaban J connectivity index is 2.10. The number of nitrogens with two attached hydrogens (primary N) is 1. The zero-order valence-corrected chi connectivity index (χ0v) is 11.1. The largest absolute Gasteiger partial charge is 0.399 e. The van der Waals surface area contributed by atoms with E-state index in [-0.39, 0.29) is 0 Å². The fraction of sp³-hybridized carbons (Fsp3) is 0.0588. The molecule has 0 aromatic heterocycles. The maximum Gasteiger partial charge on any atom is 0.0384 e. The van der Waals surface area contributed by atoms with Gasteiger partial charge in [0.05, 0.1) is 0 Å². The molecule has 2 nitrogen and oxygen atoms in total. The van der Waals surface area contributed by atoms with Crippen molar-refractivity contribution < 1.29 is 0 Å². The van der Waals surface area contributed by atoms with Crippen molar-refractivity contribution in [2.75, 3.05) is 5.32 Å². The van der Waals surface area contributed by atoms with Gasteiger partial charge in [0.2, 0.25) is 0 Å². The molecule has 0 aliphatic heterocycles. The number of benzene rings is 2. The molecule has 2 aromatic carbocycles. The monoisotopic (exact) mass is 250 g/mol. The van der Waals surface area contributed by atoms with Gasteiger partial charge in [0, 0.05) is 17.1 Å². The first-order valence-electron chi connectivity index (χ1n) is 6.14. The molecule has 2 aromatic rings. The minimum atomic E-state index is 0.573. The van der Waals surface area contributed by atoms with Crippen molar-refractivity contribution in [2.24, 2.45) is 5.73 Å². The number of rotatable bonds is 4. The second kappa shape index (κ2) is 5.44. The summed E-state index contributed by atoms with van der Waals surface area (Å²) >= 11 is 0. The van der Waals surface area contributed by atoms with E-state index in [1.54, 1.807) is 0 Å². The third-order valence-corrected chi connectivity index (χ3v) is 2.95. The van der Waals surface area contributed by atoms with E-state index in [0.29, 0.717) is 5.70 Å². The van der Waals surface area contributed by atoms with Gasteiger partial charge in [-0.2, -0.15) is 0 Å². The fourth-order valence-corrected chi connectivity index (χ4v) is 1.77. The van der Waals surface area contributed by atoms with Crippen molar-refractivity contribution in [1.29, 1.82) is 0 Å². The van der Waals surface area contributed by atoms with Crippen LogP contribution < -0.4 is 11.1 Å². The molecule has 0 atom stereocenters. The molecule has 3 N–H and O–H groups in total. The summed E-state index contributed by atoms with van der Waals surface area (Å²) in [6, 6.07) is 16.1. The smallest absolute Gasteiger partial charge is 0.0384 e.